The van der Waals surface area contributed by atoms with Crippen LogP contribution >= 0.6 is 0 Å². The number of ether oxygens (including phenoxy) is 1. The number of anilines is 1. The van der Waals surface area contributed by atoms with Gasteiger partial charge in [0.1, 0.15) is 0 Å². The summed E-state index contributed by atoms with van der Waals surface area (Å²) in [6.45, 7) is 2.83. The summed E-state index contributed by atoms with van der Waals surface area (Å²) in [6.07, 6.45) is 4.60. The zero-order valence-electron chi connectivity index (χ0n) is 14.6. The summed E-state index contributed by atoms with van der Waals surface area (Å²) in [6, 6.07) is 9.41. The van der Waals surface area contributed by atoms with Crippen LogP contribution in [0.5, 0.6) is 0 Å². The molecule has 1 aromatic rings. The second-order valence-corrected chi connectivity index (χ2v) is 6.87. The quantitative estimate of drug-likeness (QED) is 0.862. The third kappa shape index (κ3) is 5.46. The molecule has 0 aliphatic carbocycles. The van der Waals surface area contributed by atoms with Gasteiger partial charge in [-0.05, 0) is 43.7 Å². The molecule has 25 heavy (non-hydrogen) atoms. The van der Waals surface area contributed by atoms with E-state index in [1.54, 1.807) is 0 Å². The van der Waals surface area contributed by atoms with Crippen molar-refractivity contribution in [1.82, 2.24) is 10.2 Å². The van der Waals surface area contributed by atoms with E-state index in [0.29, 0.717) is 32.0 Å². The Labute approximate surface area is 148 Å². The molecule has 2 aliphatic heterocycles. The van der Waals surface area contributed by atoms with Crippen LogP contribution in [-0.2, 0) is 9.53 Å². The number of hydrogen-bond acceptors (Lipinski definition) is 3. The molecule has 0 bridgehead atoms. The van der Waals surface area contributed by atoms with Crippen molar-refractivity contribution in [2.24, 2.45) is 5.92 Å². The van der Waals surface area contributed by atoms with E-state index in [1.807, 2.05) is 35.2 Å². The second kappa shape index (κ2) is 8.85. The largest absolute Gasteiger partial charge is 0.376 e. The van der Waals surface area contributed by atoms with Crippen LogP contribution in [0.4, 0.5) is 10.5 Å². The summed E-state index contributed by atoms with van der Waals surface area (Å²) in [5.41, 5.74) is 0.808. The van der Waals surface area contributed by atoms with Crippen molar-refractivity contribution in [3.05, 3.63) is 30.3 Å². The van der Waals surface area contributed by atoms with E-state index in [9.17, 15) is 9.59 Å². The van der Waals surface area contributed by atoms with E-state index in [1.165, 1.54) is 0 Å². The Morgan fingerprint density at radius 1 is 1.12 bits per heavy atom. The third-order valence-electron chi connectivity index (χ3n) is 4.95. The smallest absolute Gasteiger partial charge is 0.321 e. The third-order valence-corrected chi connectivity index (χ3v) is 4.95. The number of benzene rings is 1. The van der Waals surface area contributed by atoms with E-state index in [2.05, 4.69) is 10.6 Å². The monoisotopic (exact) mass is 345 g/mol. The number of nitrogens with one attached hydrogen (secondary N) is 2. The van der Waals surface area contributed by atoms with E-state index < -0.39 is 0 Å². The molecule has 2 fully saturated rings. The predicted octanol–water partition coefficient (Wildman–Crippen LogP) is 2.62. The zero-order valence-corrected chi connectivity index (χ0v) is 14.6. The number of likely N-dealkylation sites (tertiary alicyclic amines) is 1. The molecule has 2 N–H and O–H groups in total. The van der Waals surface area contributed by atoms with Crippen LogP contribution in [-0.4, -0.2) is 49.2 Å². The highest BCUT2D eigenvalue weighted by Gasteiger charge is 2.25. The Hall–Kier alpha value is -2.08. The fourth-order valence-electron chi connectivity index (χ4n) is 3.43. The van der Waals surface area contributed by atoms with Crippen molar-refractivity contribution in [1.29, 1.82) is 0 Å². The summed E-state index contributed by atoms with van der Waals surface area (Å²) >= 11 is 0. The summed E-state index contributed by atoms with van der Waals surface area (Å²) in [7, 11) is 0. The highest BCUT2D eigenvalue weighted by atomic mass is 16.5. The van der Waals surface area contributed by atoms with Gasteiger partial charge in [0.2, 0.25) is 5.91 Å². The van der Waals surface area contributed by atoms with Gasteiger partial charge in [0.05, 0.1) is 6.10 Å². The van der Waals surface area contributed by atoms with Crippen molar-refractivity contribution >= 4 is 17.6 Å². The maximum absolute atomic E-state index is 12.3. The van der Waals surface area contributed by atoms with E-state index in [0.717, 1.165) is 38.0 Å². The number of amides is 3. The molecule has 0 radical (unpaired) electrons. The van der Waals surface area contributed by atoms with Crippen LogP contribution in [0.3, 0.4) is 0 Å². The van der Waals surface area contributed by atoms with E-state index >= 15 is 0 Å². The SMILES string of the molecule is O=C(CC1CCN(C(=O)Nc2ccccc2)CC1)NCC1CCCO1. The van der Waals surface area contributed by atoms with Gasteiger partial charge in [-0.15, -0.1) is 0 Å². The second-order valence-electron chi connectivity index (χ2n) is 6.87. The lowest BCUT2D eigenvalue weighted by atomic mass is 9.93. The molecule has 0 spiro atoms. The molecule has 3 rings (SSSR count). The average Bonchev–Trinajstić information content (AvgIpc) is 3.15. The Kier molecular flexibility index (Phi) is 6.28. The molecule has 2 saturated heterocycles. The van der Waals surface area contributed by atoms with Gasteiger partial charge in [-0.25, -0.2) is 4.79 Å². The van der Waals surface area contributed by atoms with Crippen LogP contribution < -0.4 is 10.6 Å². The molecule has 0 aromatic heterocycles. The number of carbonyl (C=O) groups excluding carboxylic acids is 2. The van der Waals surface area contributed by atoms with Crippen LogP contribution in [0.1, 0.15) is 32.1 Å². The number of urea groups is 1. The van der Waals surface area contributed by atoms with Crippen LogP contribution in [0.15, 0.2) is 30.3 Å². The van der Waals surface area contributed by atoms with Crippen LogP contribution in [0.2, 0.25) is 0 Å². The van der Waals surface area contributed by atoms with Crippen LogP contribution in [0.25, 0.3) is 0 Å². The highest BCUT2D eigenvalue weighted by Crippen LogP contribution is 2.21. The molecule has 1 atom stereocenters. The first-order valence-corrected chi connectivity index (χ1v) is 9.20. The predicted molar refractivity (Wildman–Crippen MR) is 96.4 cm³/mol. The molecule has 1 aromatic carbocycles. The Bertz CT molecular complexity index is 565. The number of piperidine rings is 1. The molecular formula is C19H27N3O3. The van der Waals surface area contributed by atoms with Crippen molar-refractivity contribution in [2.75, 3.05) is 31.6 Å². The van der Waals surface area contributed by atoms with Crippen molar-refractivity contribution in [3.63, 3.8) is 0 Å². The molecule has 2 heterocycles. The number of para-hydroxylation sites is 1. The summed E-state index contributed by atoms with van der Waals surface area (Å²) in [4.78, 5) is 26.2. The highest BCUT2D eigenvalue weighted by molar-refractivity contribution is 5.89. The first-order chi connectivity index (χ1) is 12.2. The fourth-order valence-corrected chi connectivity index (χ4v) is 3.43. The standard InChI is InChI=1S/C19H27N3O3/c23-18(20-14-17-7-4-12-25-17)13-15-8-10-22(11-9-15)19(24)21-16-5-2-1-3-6-16/h1-3,5-6,15,17H,4,7-14H2,(H,20,23)(H,21,24). The molecule has 0 saturated carbocycles. The molecule has 6 heteroatoms. The lowest BCUT2D eigenvalue weighted by molar-refractivity contribution is -0.122. The minimum Gasteiger partial charge on any atom is -0.376 e. The Morgan fingerprint density at radius 2 is 1.88 bits per heavy atom. The van der Waals surface area contributed by atoms with Gasteiger partial charge in [0, 0.05) is 38.3 Å². The molecule has 2 aliphatic rings. The molecule has 1 unspecified atom stereocenters. The Balaban J connectivity index is 1.35. The first-order valence-electron chi connectivity index (χ1n) is 9.20. The van der Waals surface area contributed by atoms with Gasteiger partial charge in [-0.1, -0.05) is 18.2 Å². The van der Waals surface area contributed by atoms with Gasteiger partial charge in [0.15, 0.2) is 0 Å². The topological polar surface area (TPSA) is 70.7 Å². The van der Waals surface area contributed by atoms with Gasteiger partial charge < -0.3 is 20.3 Å². The summed E-state index contributed by atoms with van der Waals surface area (Å²) in [5.74, 6) is 0.452. The first kappa shape index (κ1) is 17.7. The lowest BCUT2D eigenvalue weighted by Crippen LogP contribution is -2.42. The number of nitrogens with zero attached hydrogens (tertiary/aromatic N) is 1. The van der Waals surface area contributed by atoms with Crippen molar-refractivity contribution in [2.45, 2.75) is 38.2 Å². The van der Waals surface area contributed by atoms with Crippen molar-refractivity contribution in [3.8, 4) is 0 Å². The maximum atomic E-state index is 12.3. The fraction of sp³-hybridized carbons (Fsp3) is 0.579. The van der Waals surface area contributed by atoms with Gasteiger partial charge in [-0.2, -0.15) is 0 Å². The maximum Gasteiger partial charge on any atom is 0.321 e. The number of hydrogen-bond donors (Lipinski definition) is 2. The normalized spacial score (nSPS) is 21.1. The summed E-state index contributed by atoms with van der Waals surface area (Å²) in [5, 5.41) is 5.89. The molecule has 3 amide bonds. The molecule has 6 nitrogen and oxygen atoms in total. The Morgan fingerprint density at radius 3 is 2.56 bits per heavy atom. The van der Waals surface area contributed by atoms with Gasteiger partial charge in [-0.3, -0.25) is 4.79 Å². The van der Waals surface area contributed by atoms with E-state index in [-0.39, 0.29) is 18.0 Å². The van der Waals surface area contributed by atoms with E-state index in [4.69, 9.17) is 4.74 Å². The average molecular weight is 345 g/mol. The lowest BCUT2D eigenvalue weighted by Gasteiger charge is -2.31. The molecular weight excluding hydrogens is 318 g/mol. The van der Waals surface area contributed by atoms with Gasteiger partial charge in [0.25, 0.3) is 0 Å². The number of carbonyl (C=O) groups is 2. The minimum absolute atomic E-state index is 0.0625. The molecule has 136 valence electrons. The van der Waals surface area contributed by atoms with Crippen LogP contribution in [0, 0.1) is 5.92 Å². The zero-order chi connectivity index (χ0) is 17.5. The summed E-state index contributed by atoms with van der Waals surface area (Å²) < 4.78 is 5.52. The van der Waals surface area contributed by atoms with Crippen molar-refractivity contribution < 1.29 is 14.3 Å². The minimum atomic E-state index is -0.0625. The van der Waals surface area contributed by atoms with Gasteiger partial charge >= 0.3 is 6.03 Å². The number of rotatable bonds is 5.